The number of alkyl halides is 5. The Balaban J connectivity index is 1.67. The molecule has 0 saturated heterocycles. The molecular formula is C26H23F5N2O4S. The lowest BCUT2D eigenvalue weighted by molar-refractivity contribution is -0.207. The number of H-pyrrole nitrogens is 1. The summed E-state index contributed by atoms with van der Waals surface area (Å²) in [6, 6.07) is 12.5. The Kier molecular flexibility index (Phi) is 7.75. The monoisotopic (exact) mass is 554 g/mol. The van der Waals surface area contributed by atoms with E-state index in [0.717, 1.165) is 16.9 Å². The first kappa shape index (κ1) is 27.5. The summed E-state index contributed by atoms with van der Waals surface area (Å²) in [5.41, 5.74) is 0.281. The molecule has 2 aromatic heterocycles. The van der Waals surface area contributed by atoms with Crippen molar-refractivity contribution in [1.82, 2.24) is 9.55 Å². The fraction of sp³-hybridized carbons (Fsp3) is 0.308. The molecule has 0 aliphatic carbocycles. The SMILES string of the molecule is CC(C)c1cc(-c2cc3c(s2)c(=O)[nH]c(=O)n3CC(O)C(F)(F)F)ccc1OCc1ccc(C(F)F)cc1. The number of aliphatic hydroxyl groups is 1. The van der Waals surface area contributed by atoms with Crippen molar-refractivity contribution in [3.05, 3.63) is 86.1 Å². The van der Waals surface area contributed by atoms with E-state index >= 15 is 0 Å². The van der Waals surface area contributed by atoms with Gasteiger partial charge in [0.15, 0.2) is 6.10 Å². The summed E-state index contributed by atoms with van der Waals surface area (Å²) in [7, 11) is 0. The van der Waals surface area contributed by atoms with Gasteiger partial charge in [0.05, 0.1) is 12.1 Å². The third-order valence-corrected chi connectivity index (χ3v) is 7.12. The number of aliphatic hydroxyl groups excluding tert-OH is 1. The van der Waals surface area contributed by atoms with Gasteiger partial charge >= 0.3 is 11.9 Å². The van der Waals surface area contributed by atoms with Crippen LogP contribution in [0.2, 0.25) is 0 Å². The van der Waals surface area contributed by atoms with Crippen LogP contribution in [0.15, 0.2) is 58.1 Å². The van der Waals surface area contributed by atoms with E-state index in [9.17, 15) is 36.6 Å². The average Bonchev–Trinajstić information content (AvgIpc) is 3.30. The van der Waals surface area contributed by atoms with Gasteiger partial charge in [-0.1, -0.05) is 38.1 Å². The Morgan fingerprint density at radius 2 is 1.74 bits per heavy atom. The van der Waals surface area contributed by atoms with Gasteiger partial charge in [-0.25, -0.2) is 13.6 Å². The predicted molar refractivity (Wildman–Crippen MR) is 134 cm³/mol. The van der Waals surface area contributed by atoms with E-state index in [1.807, 2.05) is 24.9 Å². The van der Waals surface area contributed by atoms with Crippen LogP contribution in [0.4, 0.5) is 22.0 Å². The summed E-state index contributed by atoms with van der Waals surface area (Å²) < 4.78 is 71.0. The van der Waals surface area contributed by atoms with E-state index in [0.29, 0.717) is 26.3 Å². The number of thiophene rings is 1. The minimum atomic E-state index is -4.94. The lowest BCUT2D eigenvalue weighted by Gasteiger charge is -2.16. The first-order valence-corrected chi connectivity index (χ1v) is 12.3. The Hall–Kier alpha value is -3.51. The van der Waals surface area contributed by atoms with Gasteiger partial charge in [-0.3, -0.25) is 14.3 Å². The van der Waals surface area contributed by atoms with Gasteiger partial charge in [-0.05, 0) is 46.9 Å². The van der Waals surface area contributed by atoms with E-state index in [2.05, 4.69) is 0 Å². The van der Waals surface area contributed by atoms with Crippen molar-refractivity contribution in [2.45, 2.75) is 51.6 Å². The maximum Gasteiger partial charge on any atom is 0.416 e. The Morgan fingerprint density at radius 3 is 2.34 bits per heavy atom. The highest BCUT2D eigenvalue weighted by Crippen LogP contribution is 2.37. The highest BCUT2D eigenvalue weighted by Gasteiger charge is 2.39. The molecule has 38 heavy (non-hydrogen) atoms. The van der Waals surface area contributed by atoms with Gasteiger partial charge in [-0.2, -0.15) is 13.2 Å². The molecule has 0 fully saturated rings. The second-order valence-electron chi connectivity index (χ2n) is 8.99. The number of ether oxygens (including phenoxy) is 1. The number of fused-ring (bicyclic) bond motifs is 1. The van der Waals surface area contributed by atoms with Crippen LogP contribution in [0.25, 0.3) is 20.7 Å². The molecule has 0 bridgehead atoms. The molecule has 0 aliphatic rings. The number of hydrogen-bond donors (Lipinski definition) is 2. The number of rotatable bonds is 8. The van der Waals surface area contributed by atoms with Crippen LogP contribution in [-0.2, 0) is 13.2 Å². The standard InChI is InChI=1S/C26H23F5N2O4S/c1-13(2)17-9-16(7-8-19(17)37-12-14-3-5-15(6-4-14)23(27)28)20-10-18-22(38-20)24(35)32-25(36)33(18)11-21(34)26(29,30)31/h3-10,13,21,23,34H,11-12H2,1-2H3,(H,32,35,36). The summed E-state index contributed by atoms with van der Waals surface area (Å²) in [6.07, 6.45) is -10.3. The largest absolute Gasteiger partial charge is 0.489 e. The fourth-order valence-electron chi connectivity index (χ4n) is 3.88. The number of aromatic amines is 1. The number of benzene rings is 2. The summed E-state index contributed by atoms with van der Waals surface area (Å²) in [5, 5.41) is 9.49. The summed E-state index contributed by atoms with van der Waals surface area (Å²) >= 11 is 1.01. The van der Waals surface area contributed by atoms with Gasteiger partial charge in [-0.15, -0.1) is 11.3 Å². The van der Waals surface area contributed by atoms with Crippen LogP contribution in [0.3, 0.4) is 0 Å². The van der Waals surface area contributed by atoms with Crippen molar-refractivity contribution >= 4 is 21.6 Å². The van der Waals surface area contributed by atoms with Gasteiger partial charge in [0.1, 0.15) is 17.1 Å². The van der Waals surface area contributed by atoms with Crippen LogP contribution in [0, 0.1) is 0 Å². The van der Waals surface area contributed by atoms with Crippen molar-refractivity contribution < 1.29 is 31.8 Å². The first-order valence-electron chi connectivity index (χ1n) is 11.5. The average molecular weight is 555 g/mol. The van der Waals surface area contributed by atoms with Gasteiger partial charge < -0.3 is 9.84 Å². The zero-order chi connectivity index (χ0) is 27.8. The summed E-state index contributed by atoms with van der Waals surface area (Å²) in [6.45, 7) is 2.97. The van der Waals surface area contributed by atoms with Crippen LogP contribution in [-0.4, -0.2) is 26.9 Å². The normalized spacial score (nSPS) is 13.0. The third-order valence-electron chi connectivity index (χ3n) is 5.95. The fourth-order valence-corrected chi connectivity index (χ4v) is 4.93. The molecule has 6 nitrogen and oxygen atoms in total. The molecule has 0 spiro atoms. The van der Waals surface area contributed by atoms with E-state index in [1.165, 1.54) is 18.2 Å². The number of nitrogens with one attached hydrogen (secondary N) is 1. The smallest absolute Gasteiger partial charge is 0.416 e. The molecule has 1 atom stereocenters. The zero-order valence-electron chi connectivity index (χ0n) is 20.2. The molecule has 12 heteroatoms. The maximum atomic E-state index is 12.9. The molecule has 4 rings (SSSR count). The lowest BCUT2D eigenvalue weighted by Crippen LogP contribution is -2.38. The number of hydrogen-bond acceptors (Lipinski definition) is 5. The van der Waals surface area contributed by atoms with E-state index in [4.69, 9.17) is 4.74 Å². The second-order valence-corrected chi connectivity index (χ2v) is 10.0. The highest BCUT2D eigenvalue weighted by molar-refractivity contribution is 7.22. The van der Waals surface area contributed by atoms with Crippen molar-refractivity contribution in [2.24, 2.45) is 0 Å². The number of aromatic nitrogens is 2. The molecule has 2 heterocycles. The molecular weight excluding hydrogens is 531 g/mol. The second kappa shape index (κ2) is 10.7. The highest BCUT2D eigenvalue weighted by atomic mass is 32.1. The summed E-state index contributed by atoms with van der Waals surface area (Å²) in [4.78, 5) is 27.2. The molecule has 0 saturated carbocycles. The molecule has 2 N–H and O–H groups in total. The molecule has 0 radical (unpaired) electrons. The predicted octanol–water partition coefficient (Wildman–Crippen LogP) is 5.98. The maximum absolute atomic E-state index is 12.9. The van der Waals surface area contributed by atoms with Crippen LogP contribution in [0.5, 0.6) is 5.75 Å². The molecule has 2 aromatic carbocycles. The van der Waals surface area contributed by atoms with Crippen molar-refractivity contribution in [2.75, 3.05) is 0 Å². The number of nitrogens with zero attached hydrogens (tertiary/aromatic N) is 1. The van der Waals surface area contributed by atoms with Crippen LogP contribution in [0.1, 0.15) is 42.9 Å². The van der Waals surface area contributed by atoms with Gasteiger partial charge in [0.2, 0.25) is 0 Å². The van der Waals surface area contributed by atoms with E-state index in [1.54, 1.807) is 24.3 Å². The van der Waals surface area contributed by atoms with E-state index in [-0.39, 0.29) is 28.3 Å². The summed E-state index contributed by atoms with van der Waals surface area (Å²) in [5.74, 6) is 0.565. The van der Waals surface area contributed by atoms with Gasteiger partial charge in [0.25, 0.3) is 12.0 Å². The van der Waals surface area contributed by atoms with Crippen LogP contribution >= 0.6 is 11.3 Å². The van der Waals surface area contributed by atoms with Crippen molar-refractivity contribution in [3.63, 3.8) is 0 Å². The van der Waals surface area contributed by atoms with E-state index < -0.39 is 36.5 Å². The molecule has 4 aromatic rings. The minimum Gasteiger partial charge on any atom is -0.489 e. The molecule has 202 valence electrons. The molecule has 0 amide bonds. The molecule has 1 unspecified atom stereocenters. The lowest BCUT2D eigenvalue weighted by atomic mass is 9.99. The zero-order valence-corrected chi connectivity index (χ0v) is 21.0. The quantitative estimate of drug-likeness (QED) is 0.263. The Labute approximate surface area is 216 Å². The van der Waals surface area contributed by atoms with Crippen molar-refractivity contribution in [3.8, 4) is 16.2 Å². The third kappa shape index (κ3) is 5.81. The van der Waals surface area contributed by atoms with Crippen molar-refractivity contribution in [1.29, 1.82) is 0 Å². The van der Waals surface area contributed by atoms with Gasteiger partial charge in [0, 0.05) is 10.4 Å². The molecule has 0 aliphatic heterocycles. The first-order chi connectivity index (χ1) is 17.8. The Bertz CT molecular complexity index is 1560. The topological polar surface area (TPSA) is 84.3 Å². The minimum absolute atomic E-state index is 0.00375. The Morgan fingerprint density at radius 1 is 1.05 bits per heavy atom. The van der Waals surface area contributed by atoms with Crippen LogP contribution < -0.4 is 16.0 Å². The number of halogens is 5.